The molecule has 0 unspecified atom stereocenters. The largest absolute Gasteiger partial charge is 0.496 e. The van der Waals surface area contributed by atoms with Crippen molar-refractivity contribution < 1.29 is 14.3 Å². The third kappa shape index (κ3) is 5.93. The van der Waals surface area contributed by atoms with Crippen molar-refractivity contribution in [2.45, 2.75) is 6.61 Å². The fourth-order valence-corrected chi connectivity index (χ4v) is 4.42. The first-order chi connectivity index (χ1) is 14.5. The van der Waals surface area contributed by atoms with Gasteiger partial charge in [0.15, 0.2) is 0 Å². The number of amides is 1. The molecule has 154 valence electrons. The minimum absolute atomic E-state index is 0.370. The van der Waals surface area contributed by atoms with Gasteiger partial charge >= 0.3 is 0 Å². The molecule has 3 rings (SSSR count). The molecule has 0 atom stereocenters. The first kappa shape index (κ1) is 22.5. The standard InChI is InChI=1S/C22H17Br3N2O3/c1-29-20-8-7-16(23)11-17(20)22(28)27-26-12-15-9-18(24)21(19(25)10-15)30-13-14-5-3-2-4-6-14/h2-12H,13H2,1H3,(H,27,28)/b26-12-. The molecule has 0 saturated heterocycles. The number of carbonyl (C=O) groups is 1. The second-order valence-electron chi connectivity index (χ2n) is 6.13. The van der Waals surface area contributed by atoms with Crippen LogP contribution in [-0.2, 0) is 6.61 Å². The maximum absolute atomic E-state index is 12.4. The van der Waals surface area contributed by atoms with Crippen molar-refractivity contribution in [3.8, 4) is 11.5 Å². The highest BCUT2D eigenvalue weighted by atomic mass is 79.9. The molecular formula is C22H17Br3N2O3. The average Bonchev–Trinajstić information content (AvgIpc) is 2.73. The predicted octanol–water partition coefficient (Wildman–Crippen LogP) is 6.33. The lowest BCUT2D eigenvalue weighted by molar-refractivity contribution is 0.0952. The molecule has 8 heteroatoms. The van der Waals surface area contributed by atoms with Crippen LogP contribution in [0.15, 0.2) is 79.2 Å². The van der Waals surface area contributed by atoms with Crippen LogP contribution in [0.2, 0.25) is 0 Å². The molecule has 0 aromatic heterocycles. The van der Waals surface area contributed by atoms with Crippen molar-refractivity contribution in [1.29, 1.82) is 0 Å². The minimum Gasteiger partial charge on any atom is -0.496 e. The van der Waals surface area contributed by atoms with Crippen LogP contribution in [0.5, 0.6) is 11.5 Å². The highest BCUT2D eigenvalue weighted by Gasteiger charge is 2.12. The number of halogens is 3. The Morgan fingerprint density at radius 2 is 1.73 bits per heavy atom. The van der Waals surface area contributed by atoms with Gasteiger partial charge in [-0.3, -0.25) is 4.79 Å². The molecule has 3 aromatic carbocycles. The summed E-state index contributed by atoms with van der Waals surface area (Å²) in [6.45, 7) is 0.454. The summed E-state index contributed by atoms with van der Waals surface area (Å²) in [6.07, 6.45) is 1.55. The SMILES string of the molecule is COc1ccc(Br)cc1C(=O)N/N=C\c1cc(Br)c(OCc2ccccc2)c(Br)c1. The van der Waals surface area contributed by atoms with Crippen molar-refractivity contribution in [1.82, 2.24) is 5.43 Å². The number of hydrogen-bond donors (Lipinski definition) is 1. The maximum atomic E-state index is 12.4. The van der Waals surface area contributed by atoms with E-state index in [1.807, 2.05) is 42.5 Å². The van der Waals surface area contributed by atoms with Gasteiger partial charge in [0.05, 0.1) is 27.8 Å². The first-order valence-corrected chi connectivity index (χ1v) is 11.2. The van der Waals surface area contributed by atoms with E-state index in [0.29, 0.717) is 23.7 Å². The molecule has 0 bridgehead atoms. The van der Waals surface area contributed by atoms with Crippen LogP contribution in [0.1, 0.15) is 21.5 Å². The third-order valence-electron chi connectivity index (χ3n) is 4.03. The number of methoxy groups -OCH3 is 1. The summed E-state index contributed by atoms with van der Waals surface area (Å²) < 4.78 is 13.5. The molecule has 0 heterocycles. The molecule has 3 aromatic rings. The van der Waals surface area contributed by atoms with Crippen LogP contribution >= 0.6 is 47.8 Å². The average molecular weight is 597 g/mol. The second kappa shape index (κ2) is 10.7. The highest BCUT2D eigenvalue weighted by Crippen LogP contribution is 2.35. The number of nitrogens with one attached hydrogen (secondary N) is 1. The molecule has 0 saturated carbocycles. The molecule has 1 amide bonds. The zero-order valence-corrected chi connectivity index (χ0v) is 20.6. The number of benzene rings is 3. The van der Waals surface area contributed by atoms with Gasteiger partial charge in [-0.1, -0.05) is 46.3 Å². The number of hydrazone groups is 1. The summed E-state index contributed by atoms with van der Waals surface area (Å²) >= 11 is 10.4. The zero-order chi connectivity index (χ0) is 21.5. The Morgan fingerprint density at radius 1 is 1.03 bits per heavy atom. The van der Waals surface area contributed by atoms with Crippen LogP contribution in [0.3, 0.4) is 0 Å². The van der Waals surface area contributed by atoms with Crippen LogP contribution in [-0.4, -0.2) is 19.2 Å². The Kier molecular flexibility index (Phi) is 8.07. The lowest BCUT2D eigenvalue weighted by atomic mass is 10.2. The smallest absolute Gasteiger partial charge is 0.275 e. The van der Waals surface area contributed by atoms with Gasteiger partial charge in [-0.25, -0.2) is 5.43 Å². The topological polar surface area (TPSA) is 59.9 Å². The quantitative estimate of drug-likeness (QED) is 0.256. The fraction of sp³-hybridized carbons (Fsp3) is 0.0909. The van der Waals surface area contributed by atoms with E-state index in [1.54, 1.807) is 24.4 Å². The van der Waals surface area contributed by atoms with Gasteiger partial charge in [0.25, 0.3) is 5.91 Å². The first-order valence-electron chi connectivity index (χ1n) is 8.80. The Hall–Kier alpha value is -2.16. The number of nitrogens with zero attached hydrogens (tertiary/aromatic N) is 1. The molecule has 0 fully saturated rings. The van der Waals surface area contributed by atoms with Gasteiger partial charge in [-0.15, -0.1) is 0 Å². The van der Waals surface area contributed by atoms with Gasteiger partial charge in [-0.2, -0.15) is 5.10 Å². The third-order valence-corrected chi connectivity index (χ3v) is 5.70. The minimum atomic E-state index is -0.370. The van der Waals surface area contributed by atoms with Crippen LogP contribution in [0.4, 0.5) is 0 Å². The van der Waals surface area contributed by atoms with Gasteiger partial charge in [0.1, 0.15) is 18.1 Å². The van der Waals surface area contributed by atoms with Gasteiger partial charge in [-0.05, 0) is 73.3 Å². The number of hydrogen-bond acceptors (Lipinski definition) is 4. The Morgan fingerprint density at radius 3 is 2.40 bits per heavy atom. The van der Waals surface area contributed by atoms with E-state index in [0.717, 1.165) is 24.5 Å². The van der Waals surface area contributed by atoms with Crippen molar-refractivity contribution in [3.63, 3.8) is 0 Å². The fourth-order valence-electron chi connectivity index (χ4n) is 2.60. The Bertz CT molecular complexity index is 1050. The zero-order valence-electron chi connectivity index (χ0n) is 15.9. The summed E-state index contributed by atoms with van der Waals surface area (Å²) in [5.74, 6) is 0.792. The summed E-state index contributed by atoms with van der Waals surface area (Å²) in [7, 11) is 1.51. The molecule has 30 heavy (non-hydrogen) atoms. The van der Waals surface area contributed by atoms with Gasteiger partial charge in [0, 0.05) is 4.47 Å². The summed E-state index contributed by atoms with van der Waals surface area (Å²) in [6, 6.07) is 18.8. The van der Waals surface area contributed by atoms with E-state index in [2.05, 4.69) is 58.3 Å². The Balaban J connectivity index is 1.67. The lowest BCUT2D eigenvalue weighted by Crippen LogP contribution is -2.18. The summed E-state index contributed by atoms with van der Waals surface area (Å²) in [5, 5.41) is 4.05. The molecule has 0 radical (unpaired) electrons. The van der Waals surface area contributed by atoms with Crippen molar-refractivity contribution in [3.05, 3.63) is 90.8 Å². The van der Waals surface area contributed by atoms with E-state index in [-0.39, 0.29) is 5.91 Å². The van der Waals surface area contributed by atoms with E-state index < -0.39 is 0 Å². The molecule has 1 N–H and O–H groups in total. The second-order valence-corrected chi connectivity index (χ2v) is 8.76. The molecule has 0 aliphatic heterocycles. The maximum Gasteiger partial charge on any atom is 0.275 e. The van der Waals surface area contributed by atoms with Crippen LogP contribution < -0.4 is 14.9 Å². The van der Waals surface area contributed by atoms with Gasteiger partial charge < -0.3 is 9.47 Å². The summed E-state index contributed by atoms with van der Waals surface area (Å²) in [4.78, 5) is 12.4. The van der Waals surface area contributed by atoms with Crippen molar-refractivity contribution >= 4 is 59.9 Å². The predicted molar refractivity (Wildman–Crippen MR) is 128 cm³/mol. The van der Waals surface area contributed by atoms with E-state index in [1.165, 1.54) is 7.11 Å². The molecular weight excluding hydrogens is 580 g/mol. The molecule has 0 aliphatic carbocycles. The lowest BCUT2D eigenvalue weighted by Gasteiger charge is -2.11. The van der Waals surface area contributed by atoms with E-state index in [4.69, 9.17) is 9.47 Å². The Labute approximate surface area is 199 Å². The van der Waals surface area contributed by atoms with Crippen LogP contribution in [0.25, 0.3) is 0 Å². The monoisotopic (exact) mass is 594 g/mol. The van der Waals surface area contributed by atoms with Crippen LogP contribution in [0, 0.1) is 0 Å². The summed E-state index contributed by atoms with van der Waals surface area (Å²) in [5.41, 5.74) is 4.76. The van der Waals surface area contributed by atoms with Crippen molar-refractivity contribution in [2.75, 3.05) is 7.11 Å². The molecule has 0 spiro atoms. The molecule has 0 aliphatic rings. The van der Waals surface area contributed by atoms with Crippen molar-refractivity contribution in [2.24, 2.45) is 5.10 Å². The molecule has 5 nitrogen and oxygen atoms in total. The normalized spacial score (nSPS) is 10.8. The number of rotatable bonds is 7. The number of ether oxygens (including phenoxy) is 2. The number of carbonyl (C=O) groups excluding carboxylic acids is 1. The van der Waals surface area contributed by atoms with E-state index in [9.17, 15) is 4.79 Å². The van der Waals surface area contributed by atoms with Gasteiger partial charge in [0.2, 0.25) is 0 Å². The van der Waals surface area contributed by atoms with E-state index >= 15 is 0 Å². The highest BCUT2D eigenvalue weighted by molar-refractivity contribution is 9.11.